The Morgan fingerprint density at radius 1 is 1.08 bits per heavy atom. The third-order valence-electron chi connectivity index (χ3n) is 3.89. The standard InChI is InChI=1S/C19H21N3OS2/c1-21(2)15-10-8-14(9-11-15)12-22(3)18(23)13-24-19-20-16-6-4-5-7-17(16)25-19/h4-11H,12-13H2,1-3H3. The van der Waals surface area contributed by atoms with Gasteiger partial charge in [-0.1, -0.05) is 36.0 Å². The predicted octanol–water partition coefficient (Wildman–Crippen LogP) is 4.11. The highest BCUT2D eigenvalue weighted by Crippen LogP contribution is 2.29. The highest BCUT2D eigenvalue weighted by molar-refractivity contribution is 8.01. The lowest BCUT2D eigenvalue weighted by Gasteiger charge is -2.18. The molecule has 0 fully saturated rings. The number of hydrogen-bond donors (Lipinski definition) is 0. The smallest absolute Gasteiger partial charge is 0.233 e. The lowest BCUT2D eigenvalue weighted by Crippen LogP contribution is -2.27. The van der Waals surface area contributed by atoms with Gasteiger partial charge in [0.25, 0.3) is 0 Å². The van der Waals surface area contributed by atoms with Crippen molar-refractivity contribution in [3.05, 3.63) is 54.1 Å². The monoisotopic (exact) mass is 371 g/mol. The molecule has 0 spiro atoms. The second kappa shape index (κ2) is 7.89. The lowest BCUT2D eigenvalue weighted by molar-refractivity contribution is -0.127. The van der Waals surface area contributed by atoms with Crippen LogP contribution in [0.1, 0.15) is 5.56 Å². The number of aromatic nitrogens is 1. The summed E-state index contributed by atoms with van der Waals surface area (Å²) >= 11 is 3.14. The van der Waals surface area contributed by atoms with Gasteiger partial charge in [-0.05, 0) is 29.8 Å². The molecule has 0 bridgehead atoms. The Morgan fingerprint density at radius 2 is 1.80 bits per heavy atom. The molecular weight excluding hydrogens is 350 g/mol. The highest BCUT2D eigenvalue weighted by atomic mass is 32.2. The summed E-state index contributed by atoms with van der Waals surface area (Å²) in [6, 6.07) is 16.3. The summed E-state index contributed by atoms with van der Waals surface area (Å²) in [6.45, 7) is 0.618. The maximum atomic E-state index is 12.4. The molecule has 0 unspecified atom stereocenters. The first-order valence-corrected chi connectivity index (χ1v) is 9.82. The van der Waals surface area contributed by atoms with Crippen LogP contribution in [0, 0.1) is 0 Å². The number of para-hydroxylation sites is 1. The van der Waals surface area contributed by atoms with Crippen LogP contribution in [-0.2, 0) is 11.3 Å². The minimum atomic E-state index is 0.112. The van der Waals surface area contributed by atoms with Gasteiger partial charge >= 0.3 is 0 Å². The van der Waals surface area contributed by atoms with E-state index < -0.39 is 0 Å². The van der Waals surface area contributed by atoms with Crippen LogP contribution in [0.3, 0.4) is 0 Å². The lowest BCUT2D eigenvalue weighted by atomic mass is 10.2. The van der Waals surface area contributed by atoms with Gasteiger partial charge in [0.05, 0.1) is 16.0 Å². The molecule has 1 aromatic heterocycles. The summed E-state index contributed by atoms with van der Waals surface area (Å²) in [6.07, 6.45) is 0. The van der Waals surface area contributed by atoms with E-state index in [0.717, 1.165) is 25.8 Å². The number of carbonyl (C=O) groups excluding carboxylic acids is 1. The van der Waals surface area contributed by atoms with Gasteiger partial charge in [-0.2, -0.15) is 0 Å². The van der Waals surface area contributed by atoms with Crippen LogP contribution in [0.2, 0.25) is 0 Å². The Labute approximate surface area is 156 Å². The van der Waals surface area contributed by atoms with E-state index in [2.05, 4.69) is 40.2 Å². The van der Waals surface area contributed by atoms with Gasteiger partial charge in [0.15, 0.2) is 4.34 Å². The Balaban J connectivity index is 1.55. The van der Waals surface area contributed by atoms with Crippen LogP contribution in [0.25, 0.3) is 10.2 Å². The fourth-order valence-corrected chi connectivity index (χ4v) is 4.42. The van der Waals surface area contributed by atoms with E-state index >= 15 is 0 Å². The number of amides is 1. The van der Waals surface area contributed by atoms with Crippen molar-refractivity contribution in [3.63, 3.8) is 0 Å². The second-order valence-electron chi connectivity index (χ2n) is 6.05. The summed E-state index contributed by atoms with van der Waals surface area (Å²) in [5, 5.41) is 0. The largest absolute Gasteiger partial charge is 0.378 e. The Kier molecular flexibility index (Phi) is 5.60. The molecule has 0 atom stereocenters. The van der Waals surface area contributed by atoms with E-state index in [1.54, 1.807) is 16.2 Å². The number of hydrogen-bond acceptors (Lipinski definition) is 5. The van der Waals surface area contributed by atoms with Crippen molar-refractivity contribution >= 4 is 44.9 Å². The molecule has 0 saturated heterocycles. The first kappa shape index (κ1) is 17.8. The van der Waals surface area contributed by atoms with Crippen LogP contribution in [0.5, 0.6) is 0 Å². The van der Waals surface area contributed by atoms with Gasteiger partial charge in [-0.25, -0.2) is 4.98 Å². The maximum Gasteiger partial charge on any atom is 0.233 e. The molecule has 0 radical (unpaired) electrons. The number of carbonyl (C=O) groups is 1. The Hall–Kier alpha value is -2.05. The summed E-state index contributed by atoms with van der Waals surface area (Å²) < 4.78 is 2.10. The molecule has 3 rings (SSSR count). The Bertz CT molecular complexity index is 825. The molecule has 0 saturated carbocycles. The SMILES string of the molecule is CN(Cc1ccc(N(C)C)cc1)C(=O)CSc1nc2ccccc2s1. The minimum Gasteiger partial charge on any atom is -0.378 e. The third-order valence-corrected chi connectivity index (χ3v) is 6.06. The molecule has 1 heterocycles. The molecule has 0 aliphatic carbocycles. The molecule has 130 valence electrons. The molecule has 6 heteroatoms. The van der Waals surface area contributed by atoms with E-state index in [0.29, 0.717) is 12.3 Å². The summed E-state index contributed by atoms with van der Waals surface area (Å²) in [4.78, 5) is 20.8. The zero-order valence-electron chi connectivity index (χ0n) is 14.6. The van der Waals surface area contributed by atoms with Gasteiger partial charge in [0, 0.05) is 33.4 Å². The average molecular weight is 372 g/mol. The maximum absolute atomic E-state index is 12.4. The number of rotatable bonds is 6. The van der Waals surface area contributed by atoms with Crippen LogP contribution in [0.15, 0.2) is 52.9 Å². The molecule has 0 N–H and O–H groups in total. The van der Waals surface area contributed by atoms with Gasteiger partial charge in [-0.3, -0.25) is 4.79 Å². The molecule has 25 heavy (non-hydrogen) atoms. The molecule has 4 nitrogen and oxygen atoms in total. The molecule has 2 aromatic carbocycles. The summed E-state index contributed by atoms with van der Waals surface area (Å²) in [5.41, 5.74) is 3.28. The van der Waals surface area contributed by atoms with Crippen LogP contribution < -0.4 is 4.90 Å². The minimum absolute atomic E-state index is 0.112. The average Bonchev–Trinajstić information content (AvgIpc) is 3.03. The quantitative estimate of drug-likeness (QED) is 0.611. The molecule has 1 amide bonds. The van der Waals surface area contributed by atoms with Crippen molar-refractivity contribution in [2.24, 2.45) is 0 Å². The summed E-state index contributed by atoms with van der Waals surface area (Å²) in [7, 11) is 5.88. The first-order chi connectivity index (χ1) is 12.0. The molecule has 3 aromatic rings. The van der Waals surface area contributed by atoms with Crippen LogP contribution in [-0.4, -0.2) is 42.7 Å². The van der Waals surface area contributed by atoms with Crippen molar-refractivity contribution in [2.45, 2.75) is 10.9 Å². The van der Waals surface area contributed by atoms with E-state index in [-0.39, 0.29) is 5.91 Å². The number of thioether (sulfide) groups is 1. The number of thiazole rings is 1. The van der Waals surface area contributed by atoms with Crippen LogP contribution >= 0.6 is 23.1 Å². The number of nitrogens with zero attached hydrogens (tertiary/aromatic N) is 3. The normalized spacial score (nSPS) is 10.8. The highest BCUT2D eigenvalue weighted by Gasteiger charge is 2.12. The van der Waals surface area contributed by atoms with Crippen LogP contribution in [0.4, 0.5) is 5.69 Å². The zero-order valence-corrected chi connectivity index (χ0v) is 16.2. The van der Waals surface area contributed by atoms with Crippen molar-refractivity contribution in [2.75, 3.05) is 31.8 Å². The molecule has 0 aliphatic rings. The van der Waals surface area contributed by atoms with E-state index in [9.17, 15) is 4.79 Å². The van der Waals surface area contributed by atoms with Crippen molar-refractivity contribution in [1.29, 1.82) is 0 Å². The van der Waals surface area contributed by atoms with E-state index in [1.807, 2.05) is 39.3 Å². The number of anilines is 1. The van der Waals surface area contributed by atoms with Crippen molar-refractivity contribution < 1.29 is 4.79 Å². The van der Waals surface area contributed by atoms with E-state index in [4.69, 9.17) is 0 Å². The fraction of sp³-hybridized carbons (Fsp3) is 0.263. The van der Waals surface area contributed by atoms with Gasteiger partial charge < -0.3 is 9.80 Å². The Morgan fingerprint density at radius 3 is 2.48 bits per heavy atom. The van der Waals surface area contributed by atoms with Gasteiger partial charge in [0.2, 0.25) is 5.91 Å². The van der Waals surface area contributed by atoms with Gasteiger partial charge in [0.1, 0.15) is 0 Å². The molecular formula is C19H21N3OS2. The summed E-state index contributed by atoms with van der Waals surface area (Å²) in [5.74, 6) is 0.521. The van der Waals surface area contributed by atoms with Crippen molar-refractivity contribution in [1.82, 2.24) is 9.88 Å². The molecule has 0 aliphatic heterocycles. The van der Waals surface area contributed by atoms with Crippen molar-refractivity contribution in [3.8, 4) is 0 Å². The first-order valence-electron chi connectivity index (χ1n) is 8.01. The topological polar surface area (TPSA) is 36.4 Å². The number of fused-ring (bicyclic) bond motifs is 1. The fourth-order valence-electron chi connectivity index (χ4n) is 2.41. The van der Waals surface area contributed by atoms with E-state index in [1.165, 1.54) is 11.8 Å². The second-order valence-corrected chi connectivity index (χ2v) is 8.30. The van der Waals surface area contributed by atoms with Gasteiger partial charge in [-0.15, -0.1) is 11.3 Å². The number of benzene rings is 2. The predicted molar refractivity (Wildman–Crippen MR) is 108 cm³/mol. The third kappa shape index (κ3) is 4.52. The zero-order chi connectivity index (χ0) is 17.8.